The number of rotatable bonds is 4. The highest BCUT2D eigenvalue weighted by atomic mass is 16.5. The number of likely N-dealkylation sites (tertiary alicyclic amines) is 1. The second kappa shape index (κ2) is 6.81. The van der Waals surface area contributed by atoms with Gasteiger partial charge in [0.2, 0.25) is 5.91 Å². The Hall–Kier alpha value is -2.05. The normalized spacial score (nSPS) is 26.2. The highest BCUT2D eigenvalue weighted by Gasteiger charge is 2.43. The Bertz CT molecular complexity index is 504. The van der Waals surface area contributed by atoms with Crippen molar-refractivity contribution >= 4 is 11.9 Å². The fourth-order valence-corrected chi connectivity index (χ4v) is 3.41. The number of nitriles is 1. The van der Waals surface area contributed by atoms with E-state index >= 15 is 0 Å². The van der Waals surface area contributed by atoms with Crippen LogP contribution in [0.25, 0.3) is 0 Å². The molecule has 0 aromatic heterocycles. The average molecular weight is 303 g/mol. The van der Waals surface area contributed by atoms with Gasteiger partial charge in [-0.05, 0) is 25.7 Å². The lowest BCUT2D eigenvalue weighted by Gasteiger charge is -2.30. The van der Waals surface area contributed by atoms with E-state index in [-0.39, 0.29) is 24.5 Å². The minimum Gasteiger partial charge on any atom is -0.468 e. The van der Waals surface area contributed by atoms with Crippen molar-refractivity contribution in [3.8, 4) is 18.4 Å². The third-order valence-electron chi connectivity index (χ3n) is 4.63. The minimum absolute atomic E-state index is 0.00847. The molecule has 1 aliphatic carbocycles. The molecule has 1 amide bonds. The van der Waals surface area contributed by atoms with Crippen molar-refractivity contribution in [2.75, 3.05) is 13.7 Å². The lowest BCUT2D eigenvalue weighted by molar-refractivity contribution is -0.148. The number of ether oxygens (including phenoxy) is 1. The number of amides is 1. The number of hydrogen-bond donors (Lipinski definition) is 1. The Balaban J connectivity index is 2.04. The summed E-state index contributed by atoms with van der Waals surface area (Å²) >= 11 is 0. The zero-order valence-electron chi connectivity index (χ0n) is 12.8. The Labute approximate surface area is 130 Å². The van der Waals surface area contributed by atoms with Gasteiger partial charge in [-0.3, -0.25) is 14.9 Å². The number of methoxy groups -OCH3 is 1. The molecule has 0 radical (unpaired) electrons. The summed E-state index contributed by atoms with van der Waals surface area (Å²) in [5.74, 6) is 2.00. The third kappa shape index (κ3) is 2.93. The van der Waals surface area contributed by atoms with Crippen molar-refractivity contribution in [1.82, 2.24) is 10.2 Å². The molecular weight excluding hydrogens is 282 g/mol. The molecule has 2 rings (SSSR count). The first-order valence-electron chi connectivity index (χ1n) is 7.58. The highest BCUT2D eigenvalue weighted by Crippen LogP contribution is 2.31. The van der Waals surface area contributed by atoms with Crippen molar-refractivity contribution in [2.24, 2.45) is 0 Å². The maximum Gasteiger partial charge on any atom is 0.326 e. The molecule has 1 heterocycles. The lowest BCUT2D eigenvalue weighted by atomic mass is 9.98. The number of esters is 1. The molecule has 2 atom stereocenters. The zero-order valence-corrected chi connectivity index (χ0v) is 12.8. The lowest BCUT2D eigenvalue weighted by Crippen LogP contribution is -2.55. The van der Waals surface area contributed by atoms with E-state index in [4.69, 9.17) is 16.4 Å². The predicted octanol–water partition coefficient (Wildman–Crippen LogP) is 0.578. The maximum atomic E-state index is 12.5. The molecule has 0 aromatic carbocycles. The van der Waals surface area contributed by atoms with Gasteiger partial charge >= 0.3 is 5.97 Å². The summed E-state index contributed by atoms with van der Waals surface area (Å²) in [5, 5.41) is 12.2. The first kappa shape index (κ1) is 16.3. The second-order valence-corrected chi connectivity index (χ2v) is 5.84. The molecule has 1 saturated heterocycles. The third-order valence-corrected chi connectivity index (χ3v) is 4.63. The molecule has 2 aliphatic rings. The topological polar surface area (TPSA) is 82.4 Å². The SMILES string of the molecule is C#C[C@H]1CC[C@@H](C#N)N1C(=O)CNC1(C(=O)OC)CCCC1. The molecule has 0 spiro atoms. The Morgan fingerprint density at radius 1 is 1.36 bits per heavy atom. The van der Waals surface area contributed by atoms with Crippen molar-refractivity contribution in [3.05, 3.63) is 0 Å². The monoisotopic (exact) mass is 303 g/mol. The quantitative estimate of drug-likeness (QED) is 0.607. The molecule has 6 heteroatoms. The van der Waals surface area contributed by atoms with E-state index in [1.165, 1.54) is 12.0 Å². The van der Waals surface area contributed by atoms with E-state index in [0.717, 1.165) is 12.8 Å². The van der Waals surface area contributed by atoms with Crippen LogP contribution in [-0.2, 0) is 14.3 Å². The van der Waals surface area contributed by atoms with Crippen molar-refractivity contribution in [2.45, 2.75) is 56.1 Å². The zero-order chi connectivity index (χ0) is 16.2. The number of nitrogens with one attached hydrogen (secondary N) is 1. The number of carbonyl (C=O) groups excluding carboxylic acids is 2. The van der Waals surface area contributed by atoms with Gasteiger partial charge in [0.1, 0.15) is 11.6 Å². The summed E-state index contributed by atoms with van der Waals surface area (Å²) in [4.78, 5) is 25.9. The fourth-order valence-electron chi connectivity index (χ4n) is 3.41. The minimum atomic E-state index is -0.780. The first-order chi connectivity index (χ1) is 10.6. The summed E-state index contributed by atoms with van der Waals surface area (Å²) in [6, 6.07) is 1.31. The summed E-state index contributed by atoms with van der Waals surface area (Å²) in [6.45, 7) is -0.00847. The van der Waals surface area contributed by atoms with Crippen LogP contribution in [0.1, 0.15) is 38.5 Å². The molecule has 22 heavy (non-hydrogen) atoms. The molecule has 2 fully saturated rings. The van der Waals surface area contributed by atoms with Crippen LogP contribution in [0.3, 0.4) is 0 Å². The van der Waals surface area contributed by atoms with Gasteiger partial charge in [0.25, 0.3) is 0 Å². The van der Waals surface area contributed by atoms with Gasteiger partial charge in [-0.2, -0.15) is 5.26 Å². The average Bonchev–Trinajstić information content (AvgIpc) is 3.18. The van der Waals surface area contributed by atoms with Gasteiger partial charge in [-0.1, -0.05) is 18.8 Å². The van der Waals surface area contributed by atoms with Gasteiger partial charge in [0, 0.05) is 0 Å². The molecule has 0 bridgehead atoms. The largest absolute Gasteiger partial charge is 0.468 e. The van der Waals surface area contributed by atoms with Crippen LogP contribution in [0, 0.1) is 23.7 Å². The molecule has 0 unspecified atom stereocenters. The molecule has 0 aromatic rings. The molecular formula is C16H21N3O3. The Morgan fingerprint density at radius 3 is 2.55 bits per heavy atom. The van der Waals surface area contributed by atoms with E-state index < -0.39 is 11.6 Å². The van der Waals surface area contributed by atoms with Gasteiger partial charge in [-0.15, -0.1) is 6.42 Å². The molecule has 1 aliphatic heterocycles. The van der Waals surface area contributed by atoms with Gasteiger partial charge in [-0.25, -0.2) is 0 Å². The smallest absolute Gasteiger partial charge is 0.326 e. The summed E-state index contributed by atoms with van der Waals surface area (Å²) in [7, 11) is 1.35. The van der Waals surface area contributed by atoms with E-state index in [0.29, 0.717) is 25.7 Å². The van der Waals surface area contributed by atoms with Crippen LogP contribution in [0.5, 0.6) is 0 Å². The summed E-state index contributed by atoms with van der Waals surface area (Å²) in [6.07, 6.45) is 9.85. The number of nitrogens with zero attached hydrogens (tertiary/aromatic N) is 2. The van der Waals surface area contributed by atoms with Crippen LogP contribution in [0.2, 0.25) is 0 Å². The molecule has 6 nitrogen and oxygen atoms in total. The second-order valence-electron chi connectivity index (χ2n) is 5.84. The van der Waals surface area contributed by atoms with E-state index in [1.807, 2.05) is 0 Å². The van der Waals surface area contributed by atoms with Gasteiger partial charge in [0.05, 0.1) is 25.8 Å². The van der Waals surface area contributed by atoms with Crippen LogP contribution in [-0.4, -0.2) is 48.1 Å². The summed E-state index contributed by atoms with van der Waals surface area (Å²) in [5.41, 5.74) is -0.780. The Morgan fingerprint density at radius 2 is 2.00 bits per heavy atom. The number of carbonyl (C=O) groups is 2. The van der Waals surface area contributed by atoms with E-state index in [1.54, 1.807) is 0 Å². The molecule has 118 valence electrons. The van der Waals surface area contributed by atoms with E-state index in [9.17, 15) is 9.59 Å². The molecule has 1 N–H and O–H groups in total. The summed E-state index contributed by atoms with van der Waals surface area (Å²) < 4.78 is 4.87. The molecule has 1 saturated carbocycles. The fraction of sp³-hybridized carbons (Fsp3) is 0.688. The number of hydrogen-bond acceptors (Lipinski definition) is 5. The van der Waals surface area contributed by atoms with Crippen LogP contribution >= 0.6 is 0 Å². The standard InChI is InChI=1S/C16H21N3O3/c1-3-12-6-7-13(10-17)19(12)14(20)11-18-16(15(21)22-2)8-4-5-9-16/h1,12-13,18H,4-9,11H2,2H3/t12-,13-/m0/s1. The van der Waals surface area contributed by atoms with Gasteiger partial charge < -0.3 is 9.64 Å². The van der Waals surface area contributed by atoms with Crippen LogP contribution < -0.4 is 5.32 Å². The Kier molecular flexibility index (Phi) is 5.05. The van der Waals surface area contributed by atoms with Crippen molar-refractivity contribution in [3.63, 3.8) is 0 Å². The van der Waals surface area contributed by atoms with Gasteiger partial charge in [0.15, 0.2) is 0 Å². The van der Waals surface area contributed by atoms with Crippen molar-refractivity contribution < 1.29 is 14.3 Å². The predicted molar refractivity (Wildman–Crippen MR) is 79.3 cm³/mol. The first-order valence-corrected chi connectivity index (χ1v) is 7.58. The maximum absolute atomic E-state index is 12.5. The van der Waals surface area contributed by atoms with E-state index in [2.05, 4.69) is 17.3 Å². The van der Waals surface area contributed by atoms with Crippen LogP contribution in [0.15, 0.2) is 0 Å². The highest BCUT2D eigenvalue weighted by molar-refractivity contribution is 5.84. The number of terminal acetylenes is 1. The van der Waals surface area contributed by atoms with Crippen molar-refractivity contribution in [1.29, 1.82) is 5.26 Å². The van der Waals surface area contributed by atoms with Crippen LogP contribution in [0.4, 0.5) is 0 Å².